The average molecular weight is 333 g/mol. The van der Waals surface area contributed by atoms with Crippen molar-refractivity contribution in [2.24, 2.45) is 0 Å². The Balaban J connectivity index is 2.03. The van der Waals surface area contributed by atoms with Crippen molar-refractivity contribution >= 4 is 11.9 Å². The molecular formula is C19H31N3O2. The summed E-state index contributed by atoms with van der Waals surface area (Å²) < 4.78 is 5.38. The van der Waals surface area contributed by atoms with Crippen LogP contribution in [0, 0.1) is 0 Å². The molecule has 0 unspecified atom stereocenters. The molecular weight excluding hydrogens is 302 g/mol. The first-order chi connectivity index (χ1) is 11.3. The van der Waals surface area contributed by atoms with Crippen molar-refractivity contribution in [3.63, 3.8) is 0 Å². The van der Waals surface area contributed by atoms with Gasteiger partial charge >= 0.3 is 6.09 Å². The lowest BCUT2D eigenvalue weighted by Crippen LogP contribution is -2.34. The Morgan fingerprint density at radius 2 is 2.17 bits per heavy atom. The molecule has 2 heterocycles. The Hall–Kier alpha value is -1.62. The van der Waals surface area contributed by atoms with Gasteiger partial charge in [-0.1, -0.05) is 19.4 Å². The number of pyridine rings is 1. The van der Waals surface area contributed by atoms with Crippen LogP contribution in [0.15, 0.2) is 18.3 Å². The van der Waals surface area contributed by atoms with Gasteiger partial charge in [-0.2, -0.15) is 0 Å². The van der Waals surface area contributed by atoms with Crippen LogP contribution in [0.2, 0.25) is 0 Å². The van der Waals surface area contributed by atoms with Gasteiger partial charge in [0.2, 0.25) is 0 Å². The third kappa shape index (κ3) is 4.94. The van der Waals surface area contributed by atoms with Gasteiger partial charge in [-0.25, -0.2) is 9.78 Å². The fourth-order valence-electron chi connectivity index (χ4n) is 3.05. The molecule has 1 aromatic rings. The smallest absolute Gasteiger partial charge is 0.415 e. The van der Waals surface area contributed by atoms with Crippen LogP contribution in [0.5, 0.6) is 0 Å². The number of aromatic nitrogens is 1. The molecule has 134 valence electrons. The van der Waals surface area contributed by atoms with Crippen molar-refractivity contribution < 1.29 is 9.53 Å². The summed E-state index contributed by atoms with van der Waals surface area (Å²) in [5.74, 6) is 0.617. The molecule has 0 aliphatic carbocycles. The zero-order valence-corrected chi connectivity index (χ0v) is 15.7. The molecule has 5 heteroatoms. The van der Waals surface area contributed by atoms with E-state index in [2.05, 4.69) is 22.9 Å². The van der Waals surface area contributed by atoms with E-state index in [1.54, 1.807) is 7.05 Å². The zero-order chi connectivity index (χ0) is 17.7. The average Bonchev–Trinajstić information content (AvgIpc) is 2.99. The highest BCUT2D eigenvalue weighted by Crippen LogP contribution is 2.32. The van der Waals surface area contributed by atoms with E-state index in [0.717, 1.165) is 6.54 Å². The van der Waals surface area contributed by atoms with Gasteiger partial charge in [-0.05, 0) is 64.8 Å². The summed E-state index contributed by atoms with van der Waals surface area (Å²) in [6, 6.07) is 4.47. The van der Waals surface area contributed by atoms with Crippen LogP contribution >= 0.6 is 0 Å². The van der Waals surface area contributed by atoms with Gasteiger partial charge in [0.15, 0.2) is 0 Å². The molecule has 0 bridgehead atoms. The Kier molecular flexibility index (Phi) is 6.21. The van der Waals surface area contributed by atoms with E-state index in [9.17, 15) is 4.79 Å². The topological polar surface area (TPSA) is 45.7 Å². The van der Waals surface area contributed by atoms with Gasteiger partial charge in [-0.15, -0.1) is 0 Å². The first kappa shape index (κ1) is 18.7. The fourth-order valence-corrected chi connectivity index (χ4v) is 3.05. The van der Waals surface area contributed by atoms with E-state index >= 15 is 0 Å². The third-order valence-electron chi connectivity index (χ3n) is 4.33. The Bertz CT molecular complexity index is 537. The summed E-state index contributed by atoms with van der Waals surface area (Å²) >= 11 is 0. The zero-order valence-electron chi connectivity index (χ0n) is 15.7. The predicted octanol–water partition coefficient (Wildman–Crippen LogP) is 4.39. The van der Waals surface area contributed by atoms with Gasteiger partial charge < -0.3 is 4.74 Å². The molecule has 24 heavy (non-hydrogen) atoms. The maximum Gasteiger partial charge on any atom is 0.415 e. The standard InChI is InChI=1S/C19H31N3O2/c1-6-7-12-22-13-8-9-16(22)15-10-11-17(20-14-15)21(5)18(23)24-19(2,3)4/h10-11,14,16H,6-9,12-13H2,1-5H3/t16-/m0/s1. The number of nitrogens with zero attached hydrogens (tertiary/aromatic N) is 3. The van der Waals surface area contributed by atoms with E-state index in [1.165, 1.54) is 42.7 Å². The highest BCUT2D eigenvalue weighted by atomic mass is 16.6. The highest BCUT2D eigenvalue weighted by Gasteiger charge is 2.26. The molecule has 1 amide bonds. The number of hydrogen-bond acceptors (Lipinski definition) is 4. The van der Waals surface area contributed by atoms with Gasteiger partial charge in [0.05, 0.1) is 0 Å². The molecule has 0 N–H and O–H groups in total. The summed E-state index contributed by atoms with van der Waals surface area (Å²) in [4.78, 5) is 20.6. The lowest BCUT2D eigenvalue weighted by atomic mass is 10.1. The van der Waals surface area contributed by atoms with Gasteiger partial charge in [0.1, 0.15) is 11.4 Å². The fraction of sp³-hybridized carbons (Fsp3) is 0.684. The summed E-state index contributed by atoms with van der Waals surface area (Å²) in [6.07, 6.45) is 6.42. The van der Waals surface area contributed by atoms with Crippen molar-refractivity contribution in [1.29, 1.82) is 0 Å². The second-order valence-corrected chi connectivity index (χ2v) is 7.54. The van der Waals surface area contributed by atoms with E-state index in [1.807, 2.05) is 33.0 Å². The van der Waals surface area contributed by atoms with E-state index < -0.39 is 5.60 Å². The molecule has 1 atom stereocenters. The normalized spacial score (nSPS) is 18.6. The van der Waals surface area contributed by atoms with Crippen molar-refractivity contribution in [3.8, 4) is 0 Å². The summed E-state index contributed by atoms with van der Waals surface area (Å²) in [7, 11) is 1.69. The number of carbonyl (C=O) groups is 1. The quantitative estimate of drug-likeness (QED) is 0.801. The minimum atomic E-state index is -0.505. The van der Waals surface area contributed by atoms with E-state index in [-0.39, 0.29) is 6.09 Å². The summed E-state index contributed by atoms with van der Waals surface area (Å²) in [5.41, 5.74) is 0.736. The predicted molar refractivity (Wildman–Crippen MR) is 97.3 cm³/mol. The van der Waals surface area contributed by atoms with Crippen LogP contribution in [0.25, 0.3) is 0 Å². The number of likely N-dealkylation sites (tertiary alicyclic amines) is 1. The minimum absolute atomic E-state index is 0.381. The summed E-state index contributed by atoms with van der Waals surface area (Å²) in [5, 5.41) is 0. The van der Waals surface area contributed by atoms with Crippen molar-refractivity contribution in [2.75, 3.05) is 25.0 Å². The SMILES string of the molecule is CCCCN1CCC[C@H]1c1ccc(N(C)C(=O)OC(C)(C)C)nc1. The molecule has 1 aliphatic heterocycles. The maximum absolute atomic E-state index is 12.1. The number of anilines is 1. The monoisotopic (exact) mass is 333 g/mol. The first-order valence-corrected chi connectivity index (χ1v) is 8.98. The maximum atomic E-state index is 12.1. The lowest BCUT2D eigenvalue weighted by Gasteiger charge is -2.26. The first-order valence-electron chi connectivity index (χ1n) is 8.98. The number of carbonyl (C=O) groups excluding carboxylic acids is 1. The number of unbranched alkanes of at least 4 members (excludes halogenated alkanes) is 1. The Morgan fingerprint density at radius 1 is 1.42 bits per heavy atom. The number of ether oxygens (including phenoxy) is 1. The third-order valence-corrected chi connectivity index (χ3v) is 4.33. The van der Waals surface area contributed by atoms with Gasteiger partial charge in [0.25, 0.3) is 0 Å². The molecule has 5 nitrogen and oxygen atoms in total. The second-order valence-electron chi connectivity index (χ2n) is 7.54. The van der Waals surface area contributed by atoms with Crippen molar-refractivity contribution in [3.05, 3.63) is 23.9 Å². The molecule has 0 saturated carbocycles. The molecule has 0 radical (unpaired) electrons. The molecule has 0 aromatic carbocycles. The molecule has 1 aromatic heterocycles. The highest BCUT2D eigenvalue weighted by molar-refractivity contribution is 5.85. The molecule has 1 aliphatic rings. The van der Waals surface area contributed by atoms with Crippen LogP contribution in [0.3, 0.4) is 0 Å². The van der Waals surface area contributed by atoms with Crippen LogP contribution in [0.4, 0.5) is 10.6 Å². The van der Waals surface area contributed by atoms with Crippen LogP contribution in [-0.2, 0) is 4.74 Å². The number of rotatable bonds is 5. The van der Waals surface area contributed by atoms with Crippen LogP contribution in [0.1, 0.15) is 65.0 Å². The van der Waals surface area contributed by atoms with E-state index in [0.29, 0.717) is 11.9 Å². The Labute approximate surface area is 146 Å². The van der Waals surface area contributed by atoms with Crippen LogP contribution in [-0.4, -0.2) is 41.7 Å². The van der Waals surface area contributed by atoms with E-state index in [4.69, 9.17) is 4.74 Å². The molecule has 1 fully saturated rings. The van der Waals surface area contributed by atoms with Crippen molar-refractivity contribution in [1.82, 2.24) is 9.88 Å². The van der Waals surface area contributed by atoms with Crippen molar-refractivity contribution in [2.45, 2.75) is 65.0 Å². The largest absolute Gasteiger partial charge is 0.443 e. The summed E-state index contributed by atoms with van der Waals surface area (Å²) in [6.45, 7) is 10.1. The lowest BCUT2D eigenvalue weighted by molar-refractivity contribution is 0.0588. The molecule has 0 spiro atoms. The second kappa shape index (κ2) is 7.97. The minimum Gasteiger partial charge on any atom is -0.443 e. The number of amides is 1. The number of hydrogen-bond donors (Lipinski definition) is 0. The van der Waals surface area contributed by atoms with Gasteiger partial charge in [-0.3, -0.25) is 9.80 Å². The van der Waals surface area contributed by atoms with Crippen LogP contribution < -0.4 is 4.90 Å². The molecule has 1 saturated heterocycles. The van der Waals surface area contributed by atoms with Gasteiger partial charge in [0, 0.05) is 19.3 Å². The Morgan fingerprint density at radius 3 is 2.75 bits per heavy atom. The molecule has 2 rings (SSSR count).